The van der Waals surface area contributed by atoms with Gasteiger partial charge in [0.05, 0.1) is 5.25 Å². The zero-order valence-electron chi connectivity index (χ0n) is 15.5. The summed E-state index contributed by atoms with van der Waals surface area (Å²) in [5.74, 6) is 0.389. The summed E-state index contributed by atoms with van der Waals surface area (Å²) >= 11 is 1.26. The van der Waals surface area contributed by atoms with E-state index >= 15 is 0 Å². The average Bonchev–Trinajstić information content (AvgIpc) is 3.14. The molecular formula is C21H20N4O2S. The molecule has 0 aliphatic heterocycles. The van der Waals surface area contributed by atoms with E-state index in [9.17, 15) is 9.59 Å². The van der Waals surface area contributed by atoms with Gasteiger partial charge in [0.15, 0.2) is 5.78 Å². The third-order valence-corrected chi connectivity index (χ3v) is 4.86. The molecule has 3 rings (SSSR count). The van der Waals surface area contributed by atoms with Crippen molar-refractivity contribution in [1.82, 2.24) is 15.2 Å². The van der Waals surface area contributed by atoms with Crippen molar-refractivity contribution in [2.24, 2.45) is 0 Å². The van der Waals surface area contributed by atoms with E-state index in [4.69, 9.17) is 0 Å². The molecule has 28 heavy (non-hydrogen) atoms. The second-order valence-corrected chi connectivity index (χ2v) is 7.44. The van der Waals surface area contributed by atoms with Crippen molar-refractivity contribution in [1.29, 1.82) is 0 Å². The number of ketones is 1. The highest BCUT2D eigenvalue weighted by molar-refractivity contribution is 8.00. The normalized spacial score (nSPS) is 12.1. The Morgan fingerprint density at radius 1 is 1.11 bits per heavy atom. The lowest BCUT2D eigenvalue weighted by Crippen LogP contribution is -2.22. The van der Waals surface area contributed by atoms with Crippen LogP contribution in [0.1, 0.15) is 35.6 Å². The minimum Gasteiger partial charge on any atom is -0.325 e. The van der Waals surface area contributed by atoms with E-state index in [2.05, 4.69) is 20.5 Å². The Bertz CT molecular complexity index is 998. The molecule has 1 aromatic heterocycles. The molecule has 0 aliphatic rings. The Labute approximate surface area is 167 Å². The van der Waals surface area contributed by atoms with Crippen molar-refractivity contribution >= 4 is 41.3 Å². The summed E-state index contributed by atoms with van der Waals surface area (Å²) < 4.78 is 0. The summed E-state index contributed by atoms with van der Waals surface area (Å²) in [6.45, 7) is 3.27. The summed E-state index contributed by atoms with van der Waals surface area (Å²) in [6.07, 6.45) is 3.78. The Morgan fingerprint density at radius 3 is 2.64 bits per heavy atom. The number of anilines is 1. The number of nitrogens with one attached hydrogen (secondary N) is 2. The van der Waals surface area contributed by atoms with Crippen molar-refractivity contribution in [2.45, 2.75) is 24.3 Å². The lowest BCUT2D eigenvalue weighted by Gasteiger charge is -2.10. The van der Waals surface area contributed by atoms with Crippen molar-refractivity contribution < 1.29 is 9.59 Å². The quantitative estimate of drug-likeness (QED) is 0.462. The Hall–Kier alpha value is -3.19. The van der Waals surface area contributed by atoms with Gasteiger partial charge in [-0.15, -0.1) is 5.10 Å². The van der Waals surface area contributed by atoms with Gasteiger partial charge in [0.25, 0.3) is 0 Å². The first-order valence-corrected chi connectivity index (χ1v) is 9.63. The number of aromatic nitrogens is 3. The number of benzene rings is 2. The van der Waals surface area contributed by atoms with Crippen LogP contribution in [0.2, 0.25) is 0 Å². The first-order valence-electron chi connectivity index (χ1n) is 8.75. The van der Waals surface area contributed by atoms with Gasteiger partial charge in [-0.05, 0) is 37.6 Å². The highest BCUT2D eigenvalue weighted by Gasteiger charge is 2.17. The van der Waals surface area contributed by atoms with Gasteiger partial charge in [-0.25, -0.2) is 4.98 Å². The average molecular weight is 392 g/mol. The molecule has 1 heterocycles. The smallest absolute Gasteiger partial charge is 0.237 e. The molecule has 0 saturated heterocycles. The molecule has 2 aromatic carbocycles. The molecule has 1 atom stereocenters. The van der Waals surface area contributed by atoms with E-state index in [-0.39, 0.29) is 11.7 Å². The fraction of sp³-hybridized carbons (Fsp3) is 0.143. The van der Waals surface area contributed by atoms with E-state index in [1.165, 1.54) is 18.7 Å². The van der Waals surface area contributed by atoms with Crippen LogP contribution in [0, 0.1) is 0 Å². The molecule has 1 amide bonds. The third kappa shape index (κ3) is 5.40. The lowest BCUT2D eigenvalue weighted by atomic mass is 10.1. The lowest BCUT2D eigenvalue weighted by molar-refractivity contribution is -0.115. The van der Waals surface area contributed by atoms with Crippen LogP contribution in [0.15, 0.2) is 59.8 Å². The molecule has 142 valence electrons. The summed E-state index contributed by atoms with van der Waals surface area (Å²) in [7, 11) is 0. The van der Waals surface area contributed by atoms with Crippen LogP contribution in [-0.4, -0.2) is 32.1 Å². The molecule has 0 saturated carbocycles. The number of Topliss-reactive ketones (excluding diaryl/α,β-unsaturated/α-hetero) is 1. The molecule has 7 heteroatoms. The van der Waals surface area contributed by atoms with E-state index in [1.54, 1.807) is 31.2 Å². The van der Waals surface area contributed by atoms with Crippen LogP contribution >= 0.6 is 11.8 Å². The van der Waals surface area contributed by atoms with E-state index < -0.39 is 5.25 Å². The van der Waals surface area contributed by atoms with Gasteiger partial charge in [-0.2, -0.15) is 0 Å². The number of H-pyrrole nitrogens is 1. The SMILES string of the molecule is CC(=O)c1cccc(NC(=O)C(C)Sc2n[nH]c(/C=C/c3ccccc3)n2)c1. The maximum absolute atomic E-state index is 12.4. The first kappa shape index (κ1) is 19.6. The van der Waals surface area contributed by atoms with E-state index in [0.29, 0.717) is 22.2 Å². The van der Waals surface area contributed by atoms with Gasteiger partial charge in [0.1, 0.15) is 5.82 Å². The number of aromatic amines is 1. The highest BCUT2D eigenvalue weighted by atomic mass is 32.2. The highest BCUT2D eigenvalue weighted by Crippen LogP contribution is 2.21. The molecule has 2 N–H and O–H groups in total. The molecule has 1 unspecified atom stereocenters. The molecule has 0 spiro atoms. The number of rotatable bonds is 7. The van der Waals surface area contributed by atoms with Crippen molar-refractivity contribution in [3.8, 4) is 0 Å². The molecule has 0 fully saturated rings. The summed E-state index contributed by atoms with van der Waals surface area (Å²) in [5.41, 5.74) is 2.21. The monoisotopic (exact) mass is 392 g/mol. The van der Waals surface area contributed by atoms with Gasteiger partial charge in [-0.1, -0.05) is 60.3 Å². The van der Waals surface area contributed by atoms with Crippen molar-refractivity contribution in [2.75, 3.05) is 5.32 Å². The van der Waals surface area contributed by atoms with Crippen LogP contribution in [0.3, 0.4) is 0 Å². The number of nitrogens with zero attached hydrogens (tertiary/aromatic N) is 2. The maximum atomic E-state index is 12.4. The minimum absolute atomic E-state index is 0.0460. The van der Waals surface area contributed by atoms with Gasteiger partial charge < -0.3 is 5.32 Å². The van der Waals surface area contributed by atoms with Crippen LogP contribution in [0.5, 0.6) is 0 Å². The fourth-order valence-corrected chi connectivity index (χ4v) is 3.13. The third-order valence-electron chi connectivity index (χ3n) is 3.90. The fourth-order valence-electron chi connectivity index (χ4n) is 2.40. The summed E-state index contributed by atoms with van der Waals surface area (Å²) in [4.78, 5) is 28.3. The second-order valence-electron chi connectivity index (χ2n) is 6.13. The molecule has 0 aliphatic carbocycles. The number of carbonyl (C=O) groups is 2. The first-order chi connectivity index (χ1) is 13.5. The Kier molecular flexibility index (Phi) is 6.39. The Balaban J connectivity index is 1.58. The molecule has 0 bridgehead atoms. The minimum atomic E-state index is -0.400. The predicted octanol–water partition coefficient (Wildman–Crippen LogP) is 4.30. The predicted molar refractivity (Wildman–Crippen MR) is 112 cm³/mol. The largest absolute Gasteiger partial charge is 0.325 e. The molecule has 3 aromatic rings. The van der Waals surface area contributed by atoms with Gasteiger partial charge in [-0.3, -0.25) is 14.7 Å². The van der Waals surface area contributed by atoms with Crippen LogP contribution < -0.4 is 5.32 Å². The summed E-state index contributed by atoms with van der Waals surface area (Å²) in [6, 6.07) is 16.8. The number of hydrogen-bond acceptors (Lipinski definition) is 5. The van der Waals surface area contributed by atoms with Crippen LogP contribution in [0.4, 0.5) is 5.69 Å². The number of amides is 1. The number of thioether (sulfide) groups is 1. The van der Waals surface area contributed by atoms with Crippen molar-refractivity contribution in [3.63, 3.8) is 0 Å². The van der Waals surface area contributed by atoms with Crippen LogP contribution in [-0.2, 0) is 4.79 Å². The van der Waals surface area contributed by atoms with Gasteiger partial charge >= 0.3 is 0 Å². The van der Waals surface area contributed by atoms with Crippen LogP contribution in [0.25, 0.3) is 12.2 Å². The molecule has 0 radical (unpaired) electrons. The maximum Gasteiger partial charge on any atom is 0.237 e. The van der Waals surface area contributed by atoms with E-state index in [1.807, 2.05) is 42.5 Å². The zero-order chi connectivity index (χ0) is 19.9. The zero-order valence-corrected chi connectivity index (χ0v) is 16.4. The molecule has 6 nitrogen and oxygen atoms in total. The second kappa shape index (κ2) is 9.14. The van der Waals surface area contributed by atoms with Crippen molar-refractivity contribution in [3.05, 3.63) is 71.5 Å². The number of carbonyl (C=O) groups excluding carboxylic acids is 2. The van der Waals surface area contributed by atoms with Gasteiger partial charge in [0.2, 0.25) is 11.1 Å². The van der Waals surface area contributed by atoms with E-state index in [0.717, 1.165) is 5.56 Å². The standard InChI is InChI=1S/C21H20N4O2S/c1-14(26)17-9-6-10-18(13-17)22-20(27)15(2)28-21-23-19(24-25-21)12-11-16-7-4-3-5-8-16/h3-13,15H,1-2H3,(H,22,27)(H,23,24,25)/b12-11+. The number of hydrogen-bond donors (Lipinski definition) is 2. The summed E-state index contributed by atoms with van der Waals surface area (Å²) in [5, 5.41) is 9.91. The Morgan fingerprint density at radius 2 is 1.89 bits per heavy atom. The topological polar surface area (TPSA) is 87.7 Å². The van der Waals surface area contributed by atoms with Gasteiger partial charge in [0, 0.05) is 11.3 Å². The molecular weight excluding hydrogens is 372 g/mol.